The normalized spacial score (nSPS) is 10.1. The first-order valence-corrected chi connectivity index (χ1v) is 6.70. The van der Waals surface area contributed by atoms with Gasteiger partial charge in [0, 0.05) is 30.4 Å². The fourth-order valence-corrected chi connectivity index (χ4v) is 1.81. The first-order chi connectivity index (χ1) is 9.79. The lowest BCUT2D eigenvalue weighted by Crippen LogP contribution is -2.22. The third-order valence-corrected chi connectivity index (χ3v) is 2.79. The van der Waals surface area contributed by atoms with Gasteiger partial charge in [0.1, 0.15) is 5.75 Å². The highest BCUT2D eigenvalue weighted by molar-refractivity contribution is 5.94. The van der Waals surface area contributed by atoms with Crippen molar-refractivity contribution < 1.29 is 9.53 Å². The topological polar surface area (TPSA) is 51.2 Å². The first-order valence-electron chi connectivity index (χ1n) is 6.70. The second-order valence-corrected chi connectivity index (χ2v) is 4.31. The fourth-order valence-electron chi connectivity index (χ4n) is 1.81. The van der Waals surface area contributed by atoms with Crippen molar-refractivity contribution in [1.29, 1.82) is 0 Å². The van der Waals surface area contributed by atoms with Crippen LogP contribution in [-0.2, 0) is 6.42 Å². The molecule has 0 aliphatic carbocycles. The van der Waals surface area contributed by atoms with Crippen LogP contribution in [-0.4, -0.2) is 24.0 Å². The van der Waals surface area contributed by atoms with Gasteiger partial charge >= 0.3 is 0 Å². The van der Waals surface area contributed by atoms with E-state index in [-0.39, 0.29) is 5.91 Å². The number of nitrogens with zero attached hydrogens (tertiary/aromatic N) is 1. The van der Waals surface area contributed by atoms with E-state index in [0.29, 0.717) is 24.5 Å². The molecule has 0 spiro atoms. The van der Waals surface area contributed by atoms with E-state index >= 15 is 0 Å². The largest absolute Gasteiger partial charge is 0.493 e. The molecule has 0 bridgehead atoms. The van der Waals surface area contributed by atoms with Gasteiger partial charge < -0.3 is 10.1 Å². The van der Waals surface area contributed by atoms with Gasteiger partial charge in [-0.05, 0) is 37.3 Å². The van der Waals surface area contributed by atoms with Gasteiger partial charge in [0.25, 0.3) is 5.91 Å². The Kier molecular flexibility index (Phi) is 5.12. The van der Waals surface area contributed by atoms with Crippen LogP contribution in [0, 0.1) is 0 Å². The maximum atomic E-state index is 11.7. The number of nitrogens with one attached hydrogen (secondary N) is 1. The summed E-state index contributed by atoms with van der Waals surface area (Å²) in [5, 5.41) is 2.77. The molecule has 1 aromatic carbocycles. The molecule has 0 unspecified atom stereocenters. The molecule has 0 fully saturated rings. The number of pyridine rings is 1. The highest BCUT2D eigenvalue weighted by Crippen LogP contribution is 2.13. The van der Waals surface area contributed by atoms with Gasteiger partial charge in [0.05, 0.1) is 6.61 Å². The zero-order chi connectivity index (χ0) is 14.2. The van der Waals surface area contributed by atoms with Crippen LogP contribution >= 0.6 is 0 Å². The van der Waals surface area contributed by atoms with Gasteiger partial charge in [-0.15, -0.1) is 0 Å². The SMILES string of the molecule is CCNC(=O)c1cccc(OCCc2ccccn2)c1. The minimum Gasteiger partial charge on any atom is -0.493 e. The van der Waals surface area contributed by atoms with Gasteiger partial charge in [0.15, 0.2) is 0 Å². The Labute approximate surface area is 118 Å². The lowest BCUT2D eigenvalue weighted by atomic mass is 10.2. The van der Waals surface area contributed by atoms with Gasteiger partial charge in [-0.3, -0.25) is 9.78 Å². The van der Waals surface area contributed by atoms with E-state index in [2.05, 4.69) is 10.3 Å². The van der Waals surface area contributed by atoms with Crippen LogP contribution < -0.4 is 10.1 Å². The van der Waals surface area contributed by atoms with Crippen molar-refractivity contribution >= 4 is 5.91 Å². The Morgan fingerprint density at radius 1 is 1.25 bits per heavy atom. The number of carbonyl (C=O) groups is 1. The Balaban J connectivity index is 1.90. The second-order valence-electron chi connectivity index (χ2n) is 4.31. The molecule has 1 amide bonds. The molecule has 1 heterocycles. The Bertz CT molecular complexity index is 555. The van der Waals surface area contributed by atoms with Crippen LogP contribution in [0.1, 0.15) is 23.0 Å². The van der Waals surface area contributed by atoms with Gasteiger partial charge in [-0.25, -0.2) is 0 Å². The van der Waals surface area contributed by atoms with E-state index in [1.165, 1.54) is 0 Å². The van der Waals surface area contributed by atoms with Crippen molar-refractivity contribution in [2.45, 2.75) is 13.3 Å². The number of amides is 1. The maximum absolute atomic E-state index is 11.7. The standard InChI is InChI=1S/C16H18N2O2/c1-2-17-16(19)13-6-5-8-15(12-13)20-11-9-14-7-3-4-10-18-14/h3-8,10,12H,2,9,11H2,1H3,(H,17,19). The summed E-state index contributed by atoms with van der Waals surface area (Å²) in [6, 6.07) is 13.0. The summed E-state index contributed by atoms with van der Waals surface area (Å²) in [7, 11) is 0. The molecule has 20 heavy (non-hydrogen) atoms. The number of hydrogen-bond acceptors (Lipinski definition) is 3. The van der Waals surface area contributed by atoms with Crippen molar-refractivity contribution in [2.24, 2.45) is 0 Å². The molecule has 1 N–H and O–H groups in total. The molecule has 0 aliphatic heterocycles. The molecule has 104 valence electrons. The van der Waals surface area contributed by atoms with Crippen LogP contribution in [0.3, 0.4) is 0 Å². The highest BCUT2D eigenvalue weighted by atomic mass is 16.5. The summed E-state index contributed by atoms with van der Waals surface area (Å²) < 4.78 is 5.66. The lowest BCUT2D eigenvalue weighted by Gasteiger charge is -2.08. The number of rotatable bonds is 6. The van der Waals surface area contributed by atoms with E-state index in [1.807, 2.05) is 37.3 Å². The molecule has 0 atom stereocenters. The summed E-state index contributed by atoms with van der Waals surface area (Å²) in [5.74, 6) is 0.618. The van der Waals surface area contributed by atoms with Crippen molar-refractivity contribution in [3.05, 3.63) is 59.9 Å². The summed E-state index contributed by atoms with van der Waals surface area (Å²) in [6.45, 7) is 3.05. The monoisotopic (exact) mass is 270 g/mol. The van der Waals surface area contributed by atoms with Crippen LogP contribution in [0.15, 0.2) is 48.7 Å². The Morgan fingerprint density at radius 3 is 2.90 bits per heavy atom. The molecule has 2 rings (SSSR count). The minimum atomic E-state index is -0.0809. The van der Waals surface area contributed by atoms with Crippen LogP contribution in [0.4, 0.5) is 0 Å². The zero-order valence-electron chi connectivity index (χ0n) is 11.5. The first kappa shape index (κ1) is 14.1. The molecule has 1 aromatic heterocycles. The van der Waals surface area contributed by atoms with Crippen molar-refractivity contribution in [3.8, 4) is 5.75 Å². The van der Waals surface area contributed by atoms with E-state index in [9.17, 15) is 4.79 Å². The van der Waals surface area contributed by atoms with E-state index in [0.717, 1.165) is 12.1 Å². The second kappa shape index (κ2) is 7.28. The molecule has 4 nitrogen and oxygen atoms in total. The average Bonchev–Trinajstić information content (AvgIpc) is 2.49. The molecule has 0 saturated heterocycles. The van der Waals surface area contributed by atoms with Crippen molar-refractivity contribution in [3.63, 3.8) is 0 Å². The third kappa shape index (κ3) is 4.09. The number of benzene rings is 1. The Morgan fingerprint density at radius 2 is 2.15 bits per heavy atom. The lowest BCUT2D eigenvalue weighted by molar-refractivity contribution is 0.0955. The fraction of sp³-hybridized carbons (Fsp3) is 0.250. The highest BCUT2D eigenvalue weighted by Gasteiger charge is 2.05. The summed E-state index contributed by atoms with van der Waals surface area (Å²) >= 11 is 0. The van der Waals surface area contributed by atoms with Crippen LogP contribution in [0.5, 0.6) is 5.75 Å². The number of ether oxygens (including phenoxy) is 1. The third-order valence-electron chi connectivity index (χ3n) is 2.79. The van der Waals surface area contributed by atoms with Crippen LogP contribution in [0.2, 0.25) is 0 Å². The molecule has 2 aromatic rings. The predicted octanol–water partition coefficient (Wildman–Crippen LogP) is 2.45. The molecule has 0 radical (unpaired) electrons. The van der Waals surface area contributed by atoms with Gasteiger partial charge in [0.2, 0.25) is 0 Å². The quantitative estimate of drug-likeness (QED) is 0.877. The van der Waals surface area contributed by atoms with E-state index in [4.69, 9.17) is 4.74 Å². The average molecular weight is 270 g/mol. The molecular weight excluding hydrogens is 252 g/mol. The number of aromatic nitrogens is 1. The van der Waals surface area contributed by atoms with Gasteiger partial charge in [-0.2, -0.15) is 0 Å². The summed E-state index contributed by atoms with van der Waals surface area (Å²) in [4.78, 5) is 16.0. The van der Waals surface area contributed by atoms with E-state index in [1.54, 1.807) is 18.3 Å². The summed E-state index contributed by atoms with van der Waals surface area (Å²) in [5.41, 5.74) is 1.61. The number of carbonyl (C=O) groups excluding carboxylic acids is 1. The van der Waals surface area contributed by atoms with E-state index < -0.39 is 0 Å². The maximum Gasteiger partial charge on any atom is 0.251 e. The minimum absolute atomic E-state index is 0.0809. The van der Waals surface area contributed by atoms with Gasteiger partial charge in [-0.1, -0.05) is 12.1 Å². The molecular formula is C16H18N2O2. The smallest absolute Gasteiger partial charge is 0.251 e. The van der Waals surface area contributed by atoms with Crippen LogP contribution in [0.25, 0.3) is 0 Å². The van der Waals surface area contributed by atoms with Crippen molar-refractivity contribution in [1.82, 2.24) is 10.3 Å². The molecule has 0 aliphatic rings. The summed E-state index contributed by atoms with van der Waals surface area (Å²) in [6.07, 6.45) is 2.51. The van der Waals surface area contributed by atoms with Crippen molar-refractivity contribution in [2.75, 3.05) is 13.2 Å². The molecule has 4 heteroatoms. The zero-order valence-corrected chi connectivity index (χ0v) is 11.5. The number of hydrogen-bond donors (Lipinski definition) is 1. The Hall–Kier alpha value is -2.36. The molecule has 0 saturated carbocycles. The predicted molar refractivity (Wildman–Crippen MR) is 77.9 cm³/mol.